The van der Waals surface area contributed by atoms with E-state index in [1.165, 1.54) is 24.6 Å². The first-order chi connectivity index (χ1) is 10.3. The highest BCUT2D eigenvalue weighted by atomic mass is 35.5. The van der Waals surface area contributed by atoms with Gasteiger partial charge in [0.2, 0.25) is 0 Å². The maximum Gasteiger partial charge on any atom is 0.196 e. The summed E-state index contributed by atoms with van der Waals surface area (Å²) in [4.78, 5) is 25.3. The zero-order valence-corrected chi connectivity index (χ0v) is 13.5. The van der Waals surface area contributed by atoms with Gasteiger partial charge in [-0.05, 0) is 12.1 Å². The predicted molar refractivity (Wildman–Crippen MR) is 86.8 cm³/mol. The molecule has 0 fully saturated rings. The Morgan fingerprint density at radius 2 is 1.50 bits per heavy atom. The number of benzene rings is 2. The van der Waals surface area contributed by atoms with Crippen molar-refractivity contribution in [3.8, 4) is 0 Å². The van der Waals surface area contributed by atoms with Crippen molar-refractivity contribution in [1.82, 2.24) is 0 Å². The van der Waals surface area contributed by atoms with Crippen LogP contribution >= 0.6 is 11.6 Å². The molecule has 0 atom stereocenters. The molecule has 0 bridgehead atoms. The lowest BCUT2D eigenvalue weighted by molar-refractivity contribution is 0.0979. The van der Waals surface area contributed by atoms with Crippen molar-refractivity contribution >= 4 is 38.6 Å². The van der Waals surface area contributed by atoms with E-state index in [0.717, 1.165) is 0 Å². The lowest BCUT2D eigenvalue weighted by atomic mass is 9.83. The van der Waals surface area contributed by atoms with Crippen molar-refractivity contribution in [3.05, 3.63) is 63.7 Å². The number of ketones is 2. The van der Waals surface area contributed by atoms with E-state index in [2.05, 4.69) is 4.36 Å². The first-order valence-corrected chi connectivity index (χ1v) is 9.18. The average Bonchev–Trinajstić information content (AvgIpc) is 2.45. The number of halogens is 1. The molecule has 3 rings (SSSR count). The SMILES string of the molecule is CS(C)(=O)=Nc1c(Cl)ccc2c1C(=O)c1ccccc1C2=O. The summed E-state index contributed by atoms with van der Waals surface area (Å²) >= 11 is 6.12. The van der Waals surface area contributed by atoms with E-state index >= 15 is 0 Å². The molecule has 6 heteroatoms. The number of nitrogens with zero attached hydrogens (tertiary/aromatic N) is 1. The van der Waals surface area contributed by atoms with Gasteiger partial charge in [-0.25, -0.2) is 4.21 Å². The molecule has 0 unspecified atom stereocenters. The van der Waals surface area contributed by atoms with E-state index < -0.39 is 9.73 Å². The highest BCUT2D eigenvalue weighted by Crippen LogP contribution is 2.38. The van der Waals surface area contributed by atoms with Crippen LogP contribution in [0.4, 0.5) is 5.69 Å². The van der Waals surface area contributed by atoms with Gasteiger partial charge < -0.3 is 0 Å². The Labute approximate surface area is 133 Å². The highest BCUT2D eigenvalue weighted by Gasteiger charge is 2.32. The normalized spacial score (nSPS) is 13.6. The molecule has 22 heavy (non-hydrogen) atoms. The van der Waals surface area contributed by atoms with Crippen molar-refractivity contribution in [2.75, 3.05) is 12.5 Å². The van der Waals surface area contributed by atoms with Gasteiger partial charge in [-0.3, -0.25) is 9.59 Å². The molecule has 0 saturated heterocycles. The zero-order valence-electron chi connectivity index (χ0n) is 11.9. The fourth-order valence-corrected chi connectivity index (χ4v) is 3.33. The Hall–Kier alpha value is -1.98. The van der Waals surface area contributed by atoms with Crippen molar-refractivity contribution in [2.24, 2.45) is 4.36 Å². The Kier molecular flexibility index (Phi) is 3.42. The maximum absolute atomic E-state index is 12.7. The third kappa shape index (κ3) is 2.36. The highest BCUT2D eigenvalue weighted by molar-refractivity contribution is 7.92. The molecule has 0 aliphatic heterocycles. The van der Waals surface area contributed by atoms with Gasteiger partial charge in [-0.1, -0.05) is 35.9 Å². The second-order valence-electron chi connectivity index (χ2n) is 5.29. The van der Waals surface area contributed by atoms with Crippen molar-refractivity contribution < 1.29 is 13.8 Å². The summed E-state index contributed by atoms with van der Waals surface area (Å²) < 4.78 is 16.1. The standard InChI is InChI=1S/C16H12ClNO3S/c1-22(2,21)18-14-12(17)8-7-11-13(14)16(20)10-6-4-3-5-9(10)15(11)19/h3-8H,1-2H3. The van der Waals surface area contributed by atoms with Crippen LogP contribution in [-0.4, -0.2) is 28.3 Å². The average molecular weight is 334 g/mol. The van der Waals surface area contributed by atoms with Gasteiger partial charge in [0.15, 0.2) is 11.6 Å². The molecule has 0 N–H and O–H groups in total. The van der Waals surface area contributed by atoms with E-state index in [9.17, 15) is 13.8 Å². The molecule has 112 valence electrons. The number of fused-ring (bicyclic) bond motifs is 2. The molecule has 0 heterocycles. The smallest absolute Gasteiger partial charge is 0.196 e. The first kappa shape index (κ1) is 14.9. The minimum absolute atomic E-state index is 0.127. The van der Waals surface area contributed by atoms with Crippen LogP contribution in [0.3, 0.4) is 0 Å². The fraction of sp³-hybridized carbons (Fsp3) is 0.125. The quantitative estimate of drug-likeness (QED) is 0.685. The van der Waals surface area contributed by atoms with Gasteiger partial charge in [0.25, 0.3) is 0 Å². The largest absolute Gasteiger partial charge is 0.289 e. The molecular formula is C16H12ClNO3S. The minimum atomic E-state index is -2.52. The molecule has 0 saturated carbocycles. The molecule has 0 spiro atoms. The maximum atomic E-state index is 12.7. The van der Waals surface area contributed by atoms with Gasteiger partial charge in [-0.2, -0.15) is 4.36 Å². The summed E-state index contributed by atoms with van der Waals surface area (Å²) in [6.45, 7) is 0. The summed E-state index contributed by atoms with van der Waals surface area (Å²) in [6, 6.07) is 9.63. The lowest BCUT2D eigenvalue weighted by Gasteiger charge is -2.19. The monoisotopic (exact) mass is 333 g/mol. The Bertz CT molecular complexity index is 948. The third-order valence-corrected chi connectivity index (χ3v) is 4.26. The first-order valence-electron chi connectivity index (χ1n) is 6.47. The van der Waals surface area contributed by atoms with Crippen LogP contribution in [0.25, 0.3) is 0 Å². The van der Waals surface area contributed by atoms with Crippen LogP contribution in [0.5, 0.6) is 0 Å². The van der Waals surface area contributed by atoms with Crippen LogP contribution in [-0.2, 0) is 9.73 Å². The molecule has 1 aliphatic rings. The third-order valence-electron chi connectivity index (χ3n) is 3.33. The van der Waals surface area contributed by atoms with E-state index in [4.69, 9.17) is 11.6 Å². The molecular weight excluding hydrogens is 322 g/mol. The molecule has 0 amide bonds. The number of carbonyl (C=O) groups is 2. The summed E-state index contributed by atoms with van der Waals surface area (Å²) in [6.07, 6.45) is 2.90. The minimum Gasteiger partial charge on any atom is -0.289 e. The molecule has 4 nitrogen and oxygen atoms in total. The number of rotatable bonds is 1. The van der Waals surface area contributed by atoms with Crippen LogP contribution < -0.4 is 0 Å². The summed E-state index contributed by atoms with van der Waals surface area (Å²) in [7, 11) is -2.52. The number of hydrogen-bond donors (Lipinski definition) is 0. The van der Waals surface area contributed by atoms with E-state index in [1.807, 2.05) is 0 Å². The van der Waals surface area contributed by atoms with Gasteiger partial charge >= 0.3 is 0 Å². The van der Waals surface area contributed by atoms with E-state index in [-0.39, 0.29) is 33.4 Å². The van der Waals surface area contributed by atoms with Crippen LogP contribution in [0.1, 0.15) is 31.8 Å². The van der Waals surface area contributed by atoms with Gasteiger partial charge in [0.05, 0.1) is 10.6 Å². The Balaban J connectivity index is 2.39. The molecule has 2 aromatic rings. The van der Waals surface area contributed by atoms with Crippen LogP contribution in [0.2, 0.25) is 5.02 Å². The molecule has 0 aromatic heterocycles. The summed E-state index contributed by atoms with van der Waals surface area (Å²) in [5, 5.41) is 0.204. The van der Waals surface area contributed by atoms with Gasteiger partial charge in [-0.15, -0.1) is 0 Å². The topological polar surface area (TPSA) is 63.6 Å². The van der Waals surface area contributed by atoms with Gasteiger partial charge in [0, 0.05) is 38.9 Å². The van der Waals surface area contributed by atoms with Crippen LogP contribution in [0.15, 0.2) is 40.8 Å². The molecule has 0 radical (unpaired) electrons. The second kappa shape index (κ2) is 5.04. The van der Waals surface area contributed by atoms with Crippen molar-refractivity contribution in [1.29, 1.82) is 0 Å². The fourth-order valence-electron chi connectivity index (χ4n) is 2.45. The van der Waals surface area contributed by atoms with Crippen LogP contribution in [0, 0.1) is 0 Å². The number of hydrogen-bond acceptors (Lipinski definition) is 4. The summed E-state index contributed by atoms with van der Waals surface area (Å²) in [5.41, 5.74) is 1.18. The van der Waals surface area contributed by atoms with Gasteiger partial charge in [0.1, 0.15) is 5.69 Å². The van der Waals surface area contributed by atoms with Crippen molar-refractivity contribution in [2.45, 2.75) is 0 Å². The van der Waals surface area contributed by atoms with Crippen molar-refractivity contribution in [3.63, 3.8) is 0 Å². The Morgan fingerprint density at radius 3 is 2.09 bits per heavy atom. The number of carbonyl (C=O) groups excluding carboxylic acids is 2. The summed E-state index contributed by atoms with van der Waals surface area (Å²) in [5.74, 6) is -0.577. The van der Waals surface area contributed by atoms with E-state index in [1.54, 1.807) is 24.3 Å². The molecule has 2 aromatic carbocycles. The predicted octanol–water partition coefficient (Wildman–Crippen LogP) is 3.47. The molecule has 1 aliphatic carbocycles. The Morgan fingerprint density at radius 1 is 0.909 bits per heavy atom. The second-order valence-corrected chi connectivity index (χ2v) is 8.25. The van der Waals surface area contributed by atoms with E-state index in [0.29, 0.717) is 11.1 Å². The lowest BCUT2D eigenvalue weighted by Crippen LogP contribution is -2.21. The zero-order chi connectivity index (χ0) is 16.1.